The molecule has 2 aromatic carbocycles. The summed E-state index contributed by atoms with van der Waals surface area (Å²) in [6.07, 6.45) is 0. The van der Waals surface area contributed by atoms with Gasteiger partial charge in [-0.3, -0.25) is 0 Å². The zero-order chi connectivity index (χ0) is 11.4. The number of methoxy groups -OCH3 is 1. The maximum Gasteiger partial charge on any atom is 0.415 e. The van der Waals surface area contributed by atoms with Gasteiger partial charge in [-0.05, 0) is 24.3 Å². The minimum absolute atomic E-state index is 0.733. The molecule has 2 aromatic rings. The van der Waals surface area contributed by atoms with Gasteiger partial charge in [-0.2, -0.15) is 0 Å². The molecular weight excluding hydrogens is 219 g/mol. The van der Waals surface area contributed by atoms with Crippen LogP contribution in [0.25, 0.3) is 0 Å². The van der Waals surface area contributed by atoms with Gasteiger partial charge in [0.1, 0.15) is 5.75 Å². The van der Waals surface area contributed by atoms with Crippen molar-refractivity contribution < 1.29 is 9.30 Å². The molecule has 2 nitrogen and oxygen atoms in total. The van der Waals surface area contributed by atoms with Crippen molar-refractivity contribution in [1.29, 1.82) is 0 Å². The largest absolute Gasteiger partial charge is 0.497 e. The minimum atomic E-state index is -1.52. The van der Waals surface area contributed by atoms with Crippen LogP contribution in [0.2, 0.25) is 0 Å². The van der Waals surface area contributed by atoms with E-state index in [9.17, 15) is 4.57 Å². The quantitative estimate of drug-likeness (QED) is 0.758. The molecule has 16 heavy (non-hydrogen) atoms. The Hall–Kier alpha value is -1.66. The standard InChI is InChI=1S/C13H12O2P/c1-15-11-6-5-9-13(10-11)16(14)12-7-3-2-4-8-12/h2-10H,1H3/q+1. The lowest BCUT2D eigenvalue weighted by atomic mass is 10.3. The zero-order valence-electron chi connectivity index (χ0n) is 8.96. The molecule has 0 aliphatic carbocycles. The van der Waals surface area contributed by atoms with E-state index in [1.165, 1.54) is 0 Å². The SMILES string of the molecule is COc1cccc([P+](=O)c2ccccc2)c1. The molecule has 0 saturated carbocycles. The van der Waals surface area contributed by atoms with Crippen LogP contribution in [0.3, 0.4) is 0 Å². The van der Waals surface area contributed by atoms with E-state index in [0.717, 1.165) is 16.4 Å². The molecule has 0 aliphatic heterocycles. The molecule has 0 N–H and O–H groups in total. The fraction of sp³-hybridized carbons (Fsp3) is 0.0769. The Morgan fingerprint density at radius 2 is 1.62 bits per heavy atom. The second-order valence-corrected chi connectivity index (χ2v) is 4.95. The Morgan fingerprint density at radius 3 is 2.31 bits per heavy atom. The van der Waals surface area contributed by atoms with Crippen molar-refractivity contribution in [2.45, 2.75) is 0 Å². The van der Waals surface area contributed by atoms with Gasteiger partial charge < -0.3 is 4.74 Å². The van der Waals surface area contributed by atoms with Crippen molar-refractivity contribution in [2.75, 3.05) is 7.11 Å². The first-order valence-electron chi connectivity index (χ1n) is 4.97. The molecule has 0 aromatic heterocycles. The molecular formula is C13H12O2P+. The van der Waals surface area contributed by atoms with Crippen LogP contribution in [0.4, 0.5) is 0 Å². The third-order valence-corrected chi connectivity index (χ3v) is 3.79. The van der Waals surface area contributed by atoms with Gasteiger partial charge in [0.25, 0.3) is 0 Å². The van der Waals surface area contributed by atoms with E-state index < -0.39 is 7.80 Å². The van der Waals surface area contributed by atoms with Gasteiger partial charge in [0.05, 0.1) is 7.11 Å². The van der Waals surface area contributed by atoms with Gasteiger partial charge in [-0.25, -0.2) is 0 Å². The van der Waals surface area contributed by atoms with Crippen LogP contribution >= 0.6 is 7.80 Å². The summed E-state index contributed by atoms with van der Waals surface area (Å²) in [5.74, 6) is 0.733. The highest BCUT2D eigenvalue weighted by molar-refractivity contribution is 7.61. The molecule has 0 aliphatic rings. The van der Waals surface area contributed by atoms with Crippen LogP contribution in [0, 0.1) is 0 Å². The van der Waals surface area contributed by atoms with Gasteiger partial charge in [0.15, 0.2) is 10.6 Å². The summed E-state index contributed by atoms with van der Waals surface area (Å²) in [4.78, 5) is 0. The normalized spacial score (nSPS) is 10.9. The molecule has 0 bridgehead atoms. The number of benzene rings is 2. The molecule has 0 amide bonds. The Balaban J connectivity index is 2.34. The number of hydrogen-bond donors (Lipinski definition) is 0. The highest BCUT2D eigenvalue weighted by Gasteiger charge is 2.23. The third kappa shape index (κ3) is 2.29. The summed E-state index contributed by atoms with van der Waals surface area (Å²) in [7, 11) is 0.0831. The zero-order valence-corrected chi connectivity index (χ0v) is 9.85. The van der Waals surface area contributed by atoms with Crippen LogP contribution in [0.5, 0.6) is 5.75 Å². The first-order valence-corrected chi connectivity index (χ1v) is 6.23. The summed E-state index contributed by atoms with van der Waals surface area (Å²) in [5, 5.41) is 1.63. The molecule has 2 rings (SSSR count). The van der Waals surface area contributed by atoms with Crippen molar-refractivity contribution in [3.8, 4) is 5.75 Å². The van der Waals surface area contributed by atoms with Crippen molar-refractivity contribution >= 4 is 18.4 Å². The molecule has 1 atom stereocenters. The van der Waals surface area contributed by atoms with Gasteiger partial charge in [0, 0.05) is 6.07 Å². The van der Waals surface area contributed by atoms with Crippen LogP contribution in [0.1, 0.15) is 0 Å². The van der Waals surface area contributed by atoms with E-state index in [-0.39, 0.29) is 0 Å². The van der Waals surface area contributed by atoms with Gasteiger partial charge >= 0.3 is 7.80 Å². The molecule has 0 saturated heterocycles. The average molecular weight is 231 g/mol. The Morgan fingerprint density at radius 1 is 0.938 bits per heavy atom. The van der Waals surface area contributed by atoms with E-state index in [4.69, 9.17) is 4.74 Å². The van der Waals surface area contributed by atoms with E-state index in [2.05, 4.69) is 0 Å². The van der Waals surface area contributed by atoms with Crippen LogP contribution in [-0.2, 0) is 4.57 Å². The Labute approximate surface area is 95.7 Å². The predicted octanol–water partition coefficient (Wildman–Crippen LogP) is 2.47. The first-order chi connectivity index (χ1) is 7.81. The van der Waals surface area contributed by atoms with Gasteiger partial charge in [-0.15, -0.1) is 0 Å². The summed E-state index contributed by atoms with van der Waals surface area (Å²) in [6, 6.07) is 16.8. The molecule has 0 radical (unpaired) electrons. The van der Waals surface area contributed by atoms with Crippen molar-refractivity contribution in [2.24, 2.45) is 0 Å². The Bertz CT molecular complexity index is 494. The first kappa shape index (κ1) is 10.8. The fourth-order valence-corrected chi connectivity index (χ4v) is 2.66. The molecule has 3 heteroatoms. The number of ether oxygens (including phenoxy) is 1. The smallest absolute Gasteiger partial charge is 0.415 e. The lowest BCUT2D eigenvalue weighted by Gasteiger charge is -1.96. The number of rotatable bonds is 3. The van der Waals surface area contributed by atoms with Crippen molar-refractivity contribution in [1.82, 2.24) is 0 Å². The maximum absolute atomic E-state index is 12.2. The summed E-state index contributed by atoms with van der Waals surface area (Å²) < 4.78 is 17.3. The van der Waals surface area contributed by atoms with Crippen molar-refractivity contribution in [3.05, 3.63) is 54.6 Å². The molecule has 0 fully saturated rings. The molecule has 80 valence electrons. The van der Waals surface area contributed by atoms with E-state index in [0.29, 0.717) is 0 Å². The molecule has 0 spiro atoms. The van der Waals surface area contributed by atoms with E-state index in [1.807, 2.05) is 54.6 Å². The van der Waals surface area contributed by atoms with Crippen LogP contribution < -0.4 is 15.3 Å². The maximum atomic E-state index is 12.2. The van der Waals surface area contributed by atoms with Crippen molar-refractivity contribution in [3.63, 3.8) is 0 Å². The topological polar surface area (TPSA) is 26.3 Å². The van der Waals surface area contributed by atoms with Gasteiger partial charge in [0.2, 0.25) is 0 Å². The molecule has 1 unspecified atom stereocenters. The van der Waals surface area contributed by atoms with Crippen LogP contribution in [0.15, 0.2) is 54.6 Å². The predicted molar refractivity (Wildman–Crippen MR) is 66.3 cm³/mol. The second-order valence-electron chi connectivity index (χ2n) is 3.33. The average Bonchev–Trinajstić information content (AvgIpc) is 2.39. The summed E-state index contributed by atoms with van der Waals surface area (Å²) >= 11 is 0. The summed E-state index contributed by atoms with van der Waals surface area (Å²) in [6.45, 7) is 0. The highest BCUT2D eigenvalue weighted by Crippen LogP contribution is 2.21. The second kappa shape index (κ2) is 4.91. The lowest BCUT2D eigenvalue weighted by Crippen LogP contribution is -2.06. The minimum Gasteiger partial charge on any atom is -0.497 e. The number of hydrogen-bond acceptors (Lipinski definition) is 2. The lowest BCUT2D eigenvalue weighted by molar-refractivity contribution is 0.415. The van der Waals surface area contributed by atoms with Crippen LogP contribution in [-0.4, -0.2) is 7.11 Å². The van der Waals surface area contributed by atoms with E-state index >= 15 is 0 Å². The fourth-order valence-electron chi connectivity index (χ4n) is 1.45. The van der Waals surface area contributed by atoms with E-state index in [1.54, 1.807) is 7.11 Å². The van der Waals surface area contributed by atoms with Gasteiger partial charge in [-0.1, -0.05) is 28.8 Å². The summed E-state index contributed by atoms with van der Waals surface area (Å²) in [5.41, 5.74) is 0. The molecule has 0 heterocycles. The monoisotopic (exact) mass is 231 g/mol. The third-order valence-electron chi connectivity index (χ3n) is 2.28. The Kier molecular flexibility index (Phi) is 3.33. The highest BCUT2D eigenvalue weighted by atomic mass is 31.1.